The Morgan fingerprint density at radius 2 is 2.38 bits per heavy atom. The maximum atomic E-state index is 4.55. The number of hydrogen-bond donors (Lipinski definition) is 1. The van der Waals surface area contributed by atoms with Crippen LogP contribution in [0.4, 0.5) is 5.13 Å². The third-order valence-corrected chi connectivity index (χ3v) is 4.41. The van der Waals surface area contributed by atoms with Crippen LogP contribution in [0.3, 0.4) is 0 Å². The molecule has 0 fully saturated rings. The molecule has 0 radical (unpaired) electrons. The highest BCUT2D eigenvalue weighted by molar-refractivity contribution is 9.10. The van der Waals surface area contributed by atoms with Crippen molar-refractivity contribution in [2.75, 3.05) is 17.3 Å². The second-order valence-electron chi connectivity index (χ2n) is 3.63. The number of benzene rings is 1. The third-order valence-electron chi connectivity index (χ3n) is 2.14. The number of thioether (sulfide) groups is 1. The Morgan fingerprint density at radius 1 is 1.56 bits per heavy atom. The third kappa shape index (κ3) is 2.90. The molecular weight excluding hydrogens is 304 g/mol. The van der Waals surface area contributed by atoms with Crippen molar-refractivity contribution in [3.63, 3.8) is 0 Å². The second-order valence-corrected chi connectivity index (χ2v) is 6.49. The van der Waals surface area contributed by atoms with Gasteiger partial charge in [0.2, 0.25) is 0 Å². The summed E-state index contributed by atoms with van der Waals surface area (Å²) in [6.45, 7) is 2.18. The minimum absolute atomic E-state index is 0.457. The van der Waals surface area contributed by atoms with Gasteiger partial charge in [-0.1, -0.05) is 27.3 Å². The van der Waals surface area contributed by atoms with Gasteiger partial charge >= 0.3 is 0 Å². The summed E-state index contributed by atoms with van der Waals surface area (Å²) in [6, 6.07) is 6.63. The van der Waals surface area contributed by atoms with Crippen molar-refractivity contribution in [1.82, 2.24) is 4.98 Å². The second kappa shape index (κ2) is 5.38. The lowest BCUT2D eigenvalue weighted by Crippen LogP contribution is -2.17. The van der Waals surface area contributed by atoms with Crippen molar-refractivity contribution in [2.45, 2.75) is 13.0 Å². The van der Waals surface area contributed by atoms with Crippen LogP contribution >= 0.6 is 39.0 Å². The van der Waals surface area contributed by atoms with Crippen LogP contribution in [0.5, 0.6) is 0 Å². The van der Waals surface area contributed by atoms with Crippen LogP contribution in [0.2, 0.25) is 0 Å². The lowest BCUT2D eigenvalue weighted by molar-refractivity contribution is 0.912. The molecule has 0 spiro atoms. The zero-order chi connectivity index (χ0) is 11.5. The number of halogens is 1. The first-order valence-corrected chi connectivity index (χ1v) is 8.01. The van der Waals surface area contributed by atoms with Gasteiger partial charge < -0.3 is 5.32 Å². The van der Waals surface area contributed by atoms with E-state index in [0.29, 0.717) is 6.04 Å². The van der Waals surface area contributed by atoms with E-state index in [-0.39, 0.29) is 0 Å². The standard InChI is InChI=1S/C11H13BrN2S2/c1-7(6-15-2)13-11-14-9-4-3-8(12)5-10(9)16-11/h3-5,7H,6H2,1-2H3,(H,13,14). The number of hydrogen-bond acceptors (Lipinski definition) is 4. The fourth-order valence-corrected chi connectivity index (χ4v) is 3.58. The molecule has 2 rings (SSSR count). The van der Waals surface area contributed by atoms with Crippen LogP contribution < -0.4 is 5.32 Å². The molecule has 0 aliphatic rings. The molecule has 0 amide bonds. The number of thiazole rings is 1. The molecule has 2 aromatic rings. The molecule has 1 atom stereocenters. The lowest BCUT2D eigenvalue weighted by Gasteiger charge is -2.09. The van der Waals surface area contributed by atoms with Crippen molar-refractivity contribution < 1.29 is 0 Å². The smallest absolute Gasteiger partial charge is 0.184 e. The summed E-state index contributed by atoms with van der Waals surface area (Å²) in [7, 11) is 0. The van der Waals surface area contributed by atoms with Gasteiger partial charge in [0.25, 0.3) is 0 Å². The molecule has 16 heavy (non-hydrogen) atoms. The molecule has 86 valence electrons. The Kier molecular flexibility index (Phi) is 4.10. The van der Waals surface area contributed by atoms with Gasteiger partial charge in [0.05, 0.1) is 10.2 Å². The summed E-state index contributed by atoms with van der Waals surface area (Å²) in [6.07, 6.45) is 2.12. The van der Waals surface area contributed by atoms with E-state index in [9.17, 15) is 0 Å². The summed E-state index contributed by atoms with van der Waals surface area (Å²) in [4.78, 5) is 4.55. The SMILES string of the molecule is CSCC(C)Nc1nc2ccc(Br)cc2s1. The Morgan fingerprint density at radius 3 is 3.12 bits per heavy atom. The van der Waals surface area contributed by atoms with Crippen molar-refractivity contribution in [3.8, 4) is 0 Å². The summed E-state index contributed by atoms with van der Waals surface area (Å²) in [5, 5.41) is 4.43. The zero-order valence-corrected chi connectivity index (χ0v) is 12.4. The van der Waals surface area contributed by atoms with E-state index in [2.05, 4.69) is 45.5 Å². The molecule has 1 aromatic carbocycles. The fraction of sp³-hybridized carbons (Fsp3) is 0.364. The van der Waals surface area contributed by atoms with Crippen molar-refractivity contribution in [2.24, 2.45) is 0 Å². The Balaban J connectivity index is 2.19. The number of aromatic nitrogens is 1. The van der Waals surface area contributed by atoms with Crippen LogP contribution in [0.25, 0.3) is 10.2 Å². The van der Waals surface area contributed by atoms with E-state index in [0.717, 1.165) is 20.9 Å². The van der Waals surface area contributed by atoms with E-state index in [1.807, 2.05) is 23.9 Å². The highest BCUT2D eigenvalue weighted by Crippen LogP contribution is 2.28. The van der Waals surface area contributed by atoms with Gasteiger partial charge in [-0.3, -0.25) is 0 Å². The zero-order valence-electron chi connectivity index (χ0n) is 9.16. The van der Waals surface area contributed by atoms with E-state index in [4.69, 9.17) is 0 Å². The summed E-state index contributed by atoms with van der Waals surface area (Å²) in [5.74, 6) is 1.10. The number of fused-ring (bicyclic) bond motifs is 1. The molecule has 0 bridgehead atoms. The fourth-order valence-electron chi connectivity index (χ4n) is 1.46. The van der Waals surface area contributed by atoms with Crippen LogP contribution in [-0.2, 0) is 0 Å². The summed E-state index contributed by atoms with van der Waals surface area (Å²) >= 11 is 7.02. The van der Waals surface area contributed by atoms with Gasteiger partial charge in [0, 0.05) is 16.3 Å². The van der Waals surface area contributed by atoms with Gasteiger partial charge in [-0.05, 0) is 31.4 Å². The van der Waals surface area contributed by atoms with E-state index >= 15 is 0 Å². The highest BCUT2D eigenvalue weighted by atomic mass is 79.9. The number of anilines is 1. The van der Waals surface area contributed by atoms with Gasteiger partial charge in [-0.2, -0.15) is 11.8 Å². The van der Waals surface area contributed by atoms with Gasteiger partial charge in [0.15, 0.2) is 5.13 Å². The van der Waals surface area contributed by atoms with Gasteiger partial charge in [0.1, 0.15) is 0 Å². The number of rotatable bonds is 4. The van der Waals surface area contributed by atoms with Crippen molar-refractivity contribution in [3.05, 3.63) is 22.7 Å². The van der Waals surface area contributed by atoms with E-state index < -0.39 is 0 Å². The topological polar surface area (TPSA) is 24.9 Å². The molecule has 1 unspecified atom stereocenters. The minimum atomic E-state index is 0.457. The Hall–Kier alpha value is -0.260. The minimum Gasteiger partial charge on any atom is -0.358 e. The Labute approximate surface area is 112 Å². The first-order chi connectivity index (χ1) is 7.69. The van der Waals surface area contributed by atoms with Gasteiger partial charge in [-0.15, -0.1) is 0 Å². The number of nitrogens with one attached hydrogen (secondary N) is 1. The molecule has 5 heteroatoms. The lowest BCUT2D eigenvalue weighted by atomic mass is 10.3. The van der Waals surface area contributed by atoms with E-state index in [1.165, 1.54) is 4.70 Å². The number of nitrogens with zero attached hydrogens (tertiary/aromatic N) is 1. The largest absolute Gasteiger partial charge is 0.358 e. The summed E-state index contributed by atoms with van der Waals surface area (Å²) in [5.41, 5.74) is 1.06. The Bertz CT molecular complexity index is 484. The average Bonchev–Trinajstić information content (AvgIpc) is 2.59. The predicted octanol–water partition coefficient (Wildman–Crippen LogP) is 4.22. The average molecular weight is 317 g/mol. The maximum absolute atomic E-state index is 4.55. The van der Waals surface area contributed by atoms with Crippen LogP contribution in [0.15, 0.2) is 22.7 Å². The predicted molar refractivity (Wildman–Crippen MR) is 78.8 cm³/mol. The highest BCUT2D eigenvalue weighted by Gasteiger charge is 2.06. The van der Waals surface area contributed by atoms with Crippen LogP contribution in [0.1, 0.15) is 6.92 Å². The normalized spacial score (nSPS) is 12.9. The first-order valence-electron chi connectivity index (χ1n) is 5.00. The molecule has 0 saturated heterocycles. The molecule has 1 heterocycles. The van der Waals surface area contributed by atoms with Gasteiger partial charge in [-0.25, -0.2) is 4.98 Å². The van der Waals surface area contributed by atoms with E-state index in [1.54, 1.807) is 11.3 Å². The van der Waals surface area contributed by atoms with Crippen molar-refractivity contribution in [1.29, 1.82) is 0 Å². The monoisotopic (exact) mass is 316 g/mol. The molecule has 2 nitrogen and oxygen atoms in total. The maximum Gasteiger partial charge on any atom is 0.184 e. The summed E-state index contributed by atoms with van der Waals surface area (Å²) < 4.78 is 2.32. The quantitative estimate of drug-likeness (QED) is 0.914. The van der Waals surface area contributed by atoms with Crippen LogP contribution in [-0.4, -0.2) is 23.0 Å². The molecule has 0 aliphatic heterocycles. The van der Waals surface area contributed by atoms with Crippen molar-refractivity contribution >= 4 is 54.4 Å². The molecule has 1 aromatic heterocycles. The molecular formula is C11H13BrN2S2. The molecule has 1 N–H and O–H groups in total. The first kappa shape index (κ1) is 12.2. The molecule has 0 saturated carbocycles. The molecule has 0 aliphatic carbocycles. The van der Waals surface area contributed by atoms with Crippen LogP contribution in [0, 0.1) is 0 Å².